The largest absolute Gasteiger partial charge is 0.444 e. The minimum atomic E-state index is -0.805. The first-order valence-corrected chi connectivity index (χ1v) is 8.50. The predicted molar refractivity (Wildman–Crippen MR) is 91.9 cm³/mol. The number of amides is 2. The Kier molecular flexibility index (Phi) is 7.18. The predicted octanol–water partition coefficient (Wildman–Crippen LogP) is 1.13. The van der Waals surface area contributed by atoms with E-state index >= 15 is 0 Å². The van der Waals surface area contributed by atoms with Crippen molar-refractivity contribution >= 4 is 23.9 Å². The third-order valence-corrected chi connectivity index (χ3v) is 3.35. The number of hydroxylamine groups is 2. The normalized spacial score (nSPS) is 19.8. The summed E-state index contributed by atoms with van der Waals surface area (Å²) in [4.78, 5) is 51.9. The Morgan fingerprint density at radius 2 is 1.67 bits per heavy atom. The van der Waals surface area contributed by atoms with Gasteiger partial charge in [-0.1, -0.05) is 0 Å². The smallest absolute Gasteiger partial charge is 0.408 e. The van der Waals surface area contributed by atoms with Gasteiger partial charge in [-0.3, -0.25) is 14.4 Å². The number of nitrogens with zero attached hydrogens (tertiary/aromatic N) is 1. The molecule has 1 aliphatic heterocycles. The molecule has 0 bridgehead atoms. The van der Waals surface area contributed by atoms with E-state index in [9.17, 15) is 19.2 Å². The van der Waals surface area contributed by atoms with E-state index in [-0.39, 0.29) is 0 Å². The lowest BCUT2D eigenvalue weighted by Crippen LogP contribution is -2.69. The molecule has 1 N–H and O–H groups in total. The van der Waals surface area contributed by atoms with Gasteiger partial charge >= 0.3 is 18.0 Å². The summed E-state index contributed by atoms with van der Waals surface area (Å²) < 4.78 is 14.6. The van der Waals surface area contributed by atoms with Crippen LogP contribution in [-0.4, -0.2) is 60.1 Å². The summed E-state index contributed by atoms with van der Waals surface area (Å²) in [7, 11) is 0. The fourth-order valence-corrected chi connectivity index (χ4v) is 1.92. The number of nitrogens with one attached hydrogen (secondary N) is 1. The van der Waals surface area contributed by atoms with E-state index in [2.05, 4.69) is 5.32 Å². The van der Waals surface area contributed by atoms with Gasteiger partial charge in [-0.25, -0.2) is 14.7 Å². The van der Waals surface area contributed by atoms with Gasteiger partial charge in [0.25, 0.3) is 5.91 Å². The van der Waals surface area contributed by atoms with Crippen LogP contribution < -0.4 is 5.32 Å². The summed E-state index contributed by atoms with van der Waals surface area (Å²) in [5.41, 5.74) is -1.39. The minimum absolute atomic E-state index is 0.489. The minimum Gasteiger partial charge on any atom is -0.444 e. The highest BCUT2D eigenvalue weighted by atomic mass is 16.7. The number of ether oxygens (including phenoxy) is 3. The Balaban J connectivity index is 2.32. The molecule has 10 heteroatoms. The van der Waals surface area contributed by atoms with Gasteiger partial charge in [0.05, 0.1) is 11.5 Å². The van der Waals surface area contributed by atoms with Crippen molar-refractivity contribution in [2.24, 2.45) is 5.41 Å². The summed E-state index contributed by atoms with van der Waals surface area (Å²) in [5.74, 6) is -1.83. The van der Waals surface area contributed by atoms with Crippen LogP contribution in [0.25, 0.3) is 0 Å². The molecule has 0 radical (unpaired) electrons. The standard InChI is InChI=1S/C17H28N2O8/c1-10-12(18-15(23)27-17(5,6)7)13(21)19(10)26-8-11(20)24-9-25-14(22)16(2,3)4/h10,12H,8-9H2,1-7H3,(H,18,23)/t10-,12-/m0/s1. The molecule has 0 unspecified atom stereocenters. The van der Waals surface area contributed by atoms with Crippen molar-refractivity contribution in [1.29, 1.82) is 0 Å². The molecular weight excluding hydrogens is 360 g/mol. The van der Waals surface area contributed by atoms with Crippen LogP contribution >= 0.6 is 0 Å². The molecule has 0 aliphatic carbocycles. The topological polar surface area (TPSA) is 120 Å². The first-order chi connectivity index (χ1) is 12.2. The first-order valence-electron chi connectivity index (χ1n) is 8.50. The first kappa shape index (κ1) is 22.7. The highest BCUT2D eigenvalue weighted by Gasteiger charge is 2.47. The lowest BCUT2D eigenvalue weighted by molar-refractivity contribution is -0.235. The fraction of sp³-hybridized carbons (Fsp3) is 0.765. The number of hydrogen-bond donors (Lipinski definition) is 1. The molecule has 2 atom stereocenters. The molecule has 27 heavy (non-hydrogen) atoms. The summed E-state index contributed by atoms with van der Waals surface area (Å²) in [6, 6.07) is -1.29. The zero-order valence-electron chi connectivity index (χ0n) is 16.8. The zero-order chi connectivity index (χ0) is 21.0. The van der Waals surface area contributed by atoms with Crippen molar-refractivity contribution in [2.45, 2.75) is 66.2 Å². The van der Waals surface area contributed by atoms with Crippen molar-refractivity contribution in [2.75, 3.05) is 13.4 Å². The molecule has 0 spiro atoms. The fourth-order valence-electron chi connectivity index (χ4n) is 1.92. The van der Waals surface area contributed by atoms with E-state index in [1.165, 1.54) is 0 Å². The number of β-lactam (4-membered cyclic amide) rings is 1. The molecule has 0 aromatic rings. The third kappa shape index (κ3) is 7.05. The van der Waals surface area contributed by atoms with Crippen LogP contribution in [0.4, 0.5) is 4.79 Å². The lowest BCUT2D eigenvalue weighted by Gasteiger charge is -2.43. The maximum atomic E-state index is 12.0. The van der Waals surface area contributed by atoms with E-state index in [1.807, 2.05) is 0 Å². The zero-order valence-corrected chi connectivity index (χ0v) is 16.8. The summed E-state index contributed by atoms with van der Waals surface area (Å²) in [5, 5.41) is 3.41. The Hall–Kier alpha value is -2.36. The average molecular weight is 388 g/mol. The van der Waals surface area contributed by atoms with E-state index < -0.39 is 60.4 Å². The number of alkyl carbamates (subject to hydrolysis) is 1. The Bertz CT molecular complexity index is 591. The average Bonchev–Trinajstić information content (AvgIpc) is 2.50. The van der Waals surface area contributed by atoms with E-state index in [4.69, 9.17) is 19.0 Å². The molecule has 1 rings (SSSR count). The number of rotatable bonds is 6. The molecule has 1 heterocycles. The van der Waals surface area contributed by atoms with Gasteiger partial charge in [-0.2, -0.15) is 0 Å². The van der Waals surface area contributed by atoms with Gasteiger partial charge in [0, 0.05) is 0 Å². The highest BCUT2D eigenvalue weighted by Crippen LogP contribution is 2.21. The van der Waals surface area contributed by atoms with Gasteiger partial charge in [-0.05, 0) is 48.5 Å². The third-order valence-electron chi connectivity index (χ3n) is 3.35. The van der Waals surface area contributed by atoms with Crippen LogP contribution in [-0.2, 0) is 33.4 Å². The second-order valence-corrected chi connectivity index (χ2v) is 8.12. The van der Waals surface area contributed by atoms with Gasteiger partial charge in [0.15, 0.2) is 6.61 Å². The van der Waals surface area contributed by atoms with Crippen molar-refractivity contribution in [3.63, 3.8) is 0 Å². The van der Waals surface area contributed by atoms with Gasteiger partial charge < -0.3 is 19.5 Å². The van der Waals surface area contributed by atoms with Crippen LogP contribution in [0, 0.1) is 5.41 Å². The molecule has 1 fully saturated rings. The Labute approximate surface area is 158 Å². The molecule has 1 saturated heterocycles. The molecular formula is C17H28N2O8. The second-order valence-electron chi connectivity index (χ2n) is 8.12. The quantitative estimate of drug-likeness (QED) is 0.408. The number of hydrogen-bond acceptors (Lipinski definition) is 8. The monoisotopic (exact) mass is 388 g/mol. The van der Waals surface area contributed by atoms with Crippen molar-refractivity contribution in [3.05, 3.63) is 0 Å². The molecule has 0 saturated carbocycles. The highest BCUT2D eigenvalue weighted by molar-refractivity contribution is 5.91. The van der Waals surface area contributed by atoms with E-state index in [0.29, 0.717) is 0 Å². The van der Waals surface area contributed by atoms with Crippen LogP contribution in [0.3, 0.4) is 0 Å². The SMILES string of the molecule is C[C@H]1[C@H](NC(=O)OC(C)(C)C)C(=O)N1OCC(=O)OCOC(=O)C(C)(C)C. The molecule has 2 amide bonds. The van der Waals surface area contributed by atoms with Gasteiger partial charge in [0.2, 0.25) is 6.79 Å². The molecule has 10 nitrogen and oxygen atoms in total. The Morgan fingerprint density at radius 3 is 2.15 bits per heavy atom. The molecule has 1 aliphatic rings. The van der Waals surface area contributed by atoms with E-state index in [0.717, 1.165) is 5.06 Å². The summed E-state index contributed by atoms with van der Waals surface area (Å²) in [6.07, 6.45) is -0.715. The molecule has 154 valence electrons. The van der Waals surface area contributed by atoms with Crippen LogP contribution in [0.15, 0.2) is 0 Å². The molecule has 0 aromatic carbocycles. The van der Waals surface area contributed by atoms with Crippen molar-refractivity contribution in [1.82, 2.24) is 10.4 Å². The van der Waals surface area contributed by atoms with Crippen LogP contribution in [0.1, 0.15) is 48.5 Å². The summed E-state index contributed by atoms with van der Waals surface area (Å²) >= 11 is 0. The van der Waals surface area contributed by atoms with E-state index in [1.54, 1.807) is 48.5 Å². The van der Waals surface area contributed by atoms with Crippen molar-refractivity contribution < 1.29 is 38.2 Å². The van der Waals surface area contributed by atoms with Crippen molar-refractivity contribution in [3.8, 4) is 0 Å². The van der Waals surface area contributed by atoms with Crippen LogP contribution in [0.2, 0.25) is 0 Å². The van der Waals surface area contributed by atoms with Gasteiger partial charge in [0.1, 0.15) is 11.6 Å². The number of carbonyl (C=O) groups excluding carboxylic acids is 4. The van der Waals surface area contributed by atoms with Gasteiger partial charge in [-0.15, -0.1) is 0 Å². The second kappa shape index (κ2) is 8.55. The number of esters is 2. The molecule has 0 aromatic heterocycles. The summed E-state index contributed by atoms with van der Waals surface area (Å²) in [6.45, 7) is 10.7. The lowest BCUT2D eigenvalue weighted by atomic mass is 9.98. The van der Waals surface area contributed by atoms with Crippen LogP contribution in [0.5, 0.6) is 0 Å². The Morgan fingerprint density at radius 1 is 1.07 bits per heavy atom. The maximum Gasteiger partial charge on any atom is 0.408 e. The maximum absolute atomic E-state index is 12.0. The number of carbonyl (C=O) groups is 4.